The predicted molar refractivity (Wildman–Crippen MR) is 73.0 cm³/mol. The van der Waals surface area contributed by atoms with E-state index in [0.717, 1.165) is 12.8 Å². The summed E-state index contributed by atoms with van der Waals surface area (Å²) in [7, 11) is 0. The zero-order chi connectivity index (χ0) is 15.6. The molecule has 2 heterocycles. The van der Waals surface area contributed by atoms with Gasteiger partial charge >= 0.3 is 12.1 Å². The third kappa shape index (κ3) is 3.74. The van der Waals surface area contributed by atoms with Crippen molar-refractivity contribution in [3.05, 3.63) is 17.8 Å². The normalized spacial score (nSPS) is 19.4. The molecule has 0 aromatic carbocycles. The van der Waals surface area contributed by atoms with Crippen LogP contribution >= 0.6 is 0 Å². The number of amides is 1. The van der Waals surface area contributed by atoms with E-state index in [1.54, 1.807) is 25.7 Å². The van der Waals surface area contributed by atoms with E-state index in [1.807, 2.05) is 0 Å². The number of carbonyl (C=O) groups excluding carboxylic acids is 1. The van der Waals surface area contributed by atoms with Gasteiger partial charge in [0.1, 0.15) is 11.6 Å². The average Bonchev–Trinajstić information content (AvgIpc) is 2.86. The second-order valence-electron chi connectivity index (χ2n) is 6.05. The summed E-state index contributed by atoms with van der Waals surface area (Å²) < 4.78 is 10.6. The van der Waals surface area contributed by atoms with Gasteiger partial charge in [-0.2, -0.15) is 0 Å². The van der Waals surface area contributed by atoms with Crippen molar-refractivity contribution in [2.45, 2.75) is 51.7 Å². The molecule has 1 aromatic rings. The number of ether oxygens (including phenoxy) is 1. The van der Waals surface area contributed by atoms with Crippen molar-refractivity contribution >= 4 is 12.1 Å². The van der Waals surface area contributed by atoms with E-state index in [9.17, 15) is 9.59 Å². The molecular formula is C14H20N2O5. The maximum atomic E-state index is 12.3. The standard InChI is InChI=1S/C14H20N2O5/c1-14(2,3)21-13(19)16-7-5-4-6-9(16)11-15-8-10(20-11)12(17)18/h8-9H,4-7H2,1-3H3,(H,17,18). The summed E-state index contributed by atoms with van der Waals surface area (Å²) in [6, 6.07) is -0.373. The SMILES string of the molecule is CC(C)(C)OC(=O)N1CCCCC1c1ncc(C(=O)O)o1. The molecule has 1 aliphatic heterocycles. The van der Waals surface area contributed by atoms with Crippen LogP contribution < -0.4 is 0 Å². The zero-order valence-electron chi connectivity index (χ0n) is 12.5. The first-order valence-corrected chi connectivity index (χ1v) is 6.96. The molecule has 2 rings (SSSR count). The van der Waals surface area contributed by atoms with E-state index in [2.05, 4.69) is 4.98 Å². The summed E-state index contributed by atoms with van der Waals surface area (Å²) in [6.45, 7) is 5.96. The molecule has 1 N–H and O–H groups in total. The molecule has 0 aliphatic carbocycles. The molecule has 0 saturated carbocycles. The number of aromatic nitrogens is 1. The highest BCUT2D eigenvalue weighted by atomic mass is 16.6. The molecule has 116 valence electrons. The van der Waals surface area contributed by atoms with Crippen molar-refractivity contribution in [2.24, 2.45) is 0 Å². The van der Waals surface area contributed by atoms with Gasteiger partial charge in [0, 0.05) is 6.54 Å². The second-order valence-corrected chi connectivity index (χ2v) is 6.05. The van der Waals surface area contributed by atoms with Crippen molar-refractivity contribution in [3.8, 4) is 0 Å². The third-order valence-electron chi connectivity index (χ3n) is 3.15. The number of piperidine rings is 1. The Bertz CT molecular complexity index is 532. The van der Waals surface area contributed by atoms with Gasteiger partial charge in [0.2, 0.25) is 11.7 Å². The number of carboxylic acids is 1. The van der Waals surface area contributed by atoms with Crippen LogP contribution in [0.4, 0.5) is 4.79 Å². The molecule has 1 amide bonds. The molecule has 1 atom stereocenters. The van der Waals surface area contributed by atoms with Gasteiger partial charge in [0.05, 0.1) is 6.20 Å². The molecule has 21 heavy (non-hydrogen) atoms. The van der Waals surface area contributed by atoms with Crippen LogP contribution in [0.25, 0.3) is 0 Å². The molecule has 7 nitrogen and oxygen atoms in total. The van der Waals surface area contributed by atoms with Crippen LogP contribution in [0.3, 0.4) is 0 Å². The van der Waals surface area contributed by atoms with Crippen molar-refractivity contribution in [3.63, 3.8) is 0 Å². The van der Waals surface area contributed by atoms with E-state index in [-0.39, 0.29) is 17.7 Å². The van der Waals surface area contributed by atoms with Gasteiger partial charge in [-0.1, -0.05) is 0 Å². The minimum atomic E-state index is -1.17. The number of oxazole rings is 1. The smallest absolute Gasteiger partial charge is 0.410 e. The Labute approximate surface area is 122 Å². The van der Waals surface area contributed by atoms with Crippen LogP contribution in [0.5, 0.6) is 0 Å². The molecule has 0 bridgehead atoms. The Morgan fingerprint density at radius 3 is 2.71 bits per heavy atom. The lowest BCUT2D eigenvalue weighted by molar-refractivity contribution is 0.00597. The Morgan fingerprint density at radius 2 is 2.14 bits per heavy atom. The van der Waals surface area contributed by atoms with E-state index in [1.165, 1.54) is 6.20 Å². The highest BCUT2D eigenvalue weighted by molar-refractivity contribution is 5.83. The molecule has 1 unspecified atom stereocenters. The largest absolute Gasteiger partial charge is 0.475 e. The maximum absolute atomic E-state index is 12.3. The fourth-order valence-corrected chi connectivity index (χ4v) is 2.27. The summed E-state index contributed by atoms with van der Waals surface area (Å²) in [5.41, 5.74) is -0.581. The van der Waals surface area contributed by atoms with Crippen LogP contribution in [0.1, 0.15) is 62.5 Å². The quantitative estimate of drug-likeness (QED) is 0.902. The molecule has 1 aromatic heterocycles. The fourth-order valence-electron chi connectivity index (χ4n) is 2.27. The summed E-state index contributed by atoms with van der Waals surface area (Å²) in [6.07, 6.45) is 3.22. The van der Waals surface area contributed by atoms with Gasteiger partial charge in [-0.05, 0) is 40.0 Å². The van der Waals surface area contributed by atoms with E-state index in [0.29, 0.717) is 13.0 Å². The minimum Gasteiger partial charge on any atom is -0.475 e. The lowest BCUT2D eigenvalue weighted by Crippen LogP contribution is -2.42. The first-order chi connectivity index (χ1) is 9.78. The number of likely N-dealkylation sites (tertiary alicyclic amines) is 1. The summed E-state index contributed by atoms with van der Waals surface area (Å²) in [5, 5.41) is 8.89. The molecule has 1 fully saturated rings. The lowest BCUT2D eigenvalue weighted by Gasteiger charge is -2.35. The number of hydrogen-bond donors (Lipinski definition) is 1. The van der Waals surface area contributed by atoms with Crippen LogP contribution in [-0.2, 0) is 4.74 Å². The number of carbonyl (C=O) groups is 2. The molecule has 0 spiro atoms. The first-order valence-electron chi connectivity index (χ1n) is 6.96. The van der Waals surface area contributed by atoms with Crippen LogP contribution in [0, 0.1) is 0 Å². The van der Waals surface area contributed by atoms with Gasteiger partial charge in [0.25, 0.3) is 0 Å². The van der Waals surface area contributed by atoms with Gasteiger partial charge in [-0.3, -0.25) is 4.90 Å². The maximum Gasteiger partial charge on any atom is 0.410 e. The Hall–Kier alpha value is -2.05. The van der Waals surface area contributed by atoms with Gasteiger partial charge in [-0.25, -0.2) is 14.6 Å². The number of rotatable bonds is 2. The Morgan fingerprint density at radius 1 is 1.43 bits per heavy atom. The average molecular weight is 296 g/mol. The molecule has 7 heteroatoms. The highest BCUT2D eigenvalue weighted by Gasteiger charge is 2.34. The van der Waals surface area contributed by atoms with E-state index < -0.39 is 17.7 Å². The van der Waals surface area contributed by atoms with Crippen LogP contribution in [-0.4, -0.2) is 39.2 Å². The monoisotopic (exact) mass is 296 g/mol. The van der Waals surface area contributed by atoms with Gasteiger partial charge in [-0.15, -0.1) is 0 Å². The molecule has 0 radical (unpaired) electrons. The number of aromatic carboxylic acids is 1. The molecule has 1 saturated heterocycles. The third-order valence-corrected chi connectivity index (χ3v) is 3.15. The van der Waals surface area contributed by atoms with Gasteiger partial charge < -0.3 is 14.3 Å². The topological polar surface area (TPSA) is 92.9 Å². The Kier molecular flexibility index (Phi) is 4.20. The Balaban J connectivity index is 2.18. The predicted octanol–water partition coefficient (Wildman–Crippen LogP) is 2.83. The van der Waals surface area contributed by atoms with Crippen LogP contribution in [0.2, 0.25) is 0 Å². The molecule has 1 aliphatic rings. The van der Waals surface area contributed by atoms with Crippen molar-refractivity contribution in [1.29, 1.82) is 0 Å². The minimum absolute atomic E-state index is 0.222. The van der Waals surface area contributed by atoms with Crippen molar-refractivity contribution < 1.29 is 23.8 Å². The number of nitrogens with zero attached hydrogens (tertiary/aromatic N) is 2. The number of hydrogen-bond acceptors (Lipinski definition) is 5. The summed E-state index contributed by atoms with van der Waals surface area (Å²) >= 11 is 0. The second kappa shape index (κ2) is 5.75. The first kappa shape index (κ1) is 15.3. The fraction of sp³-hybridized carbons (Fsp3) is 0.643. The van der Waals surface area contributed by atoms with Crippen molar-refractivity contribution in [1.82, 2.24) is 9.88 Å². The zero-order valence-corrected chi connectivity index (χ0v) is 12.5. The van der Waals surface area contributed by atoms with Crippen molar-refractivity contribution in [2.75, 3.05) is 6.54 Å². The van der Waals surface area contributed by atoms with E-state index >= 15 is 0 Å². The van der Waals surface area contributed by atoms with Crippen LogP contribution in [0.15, 0.2) is 10.6 Å². The lowest BCUT2D eigenvalue weighted by atomic mass is 10.0. The highest BCUT2D eigenvalue weighted by Crippen LogP contribution is 2.31. The summed E-state index contributed by atoms with van der Waals surface area (Å²) in [4.78, 5) is 28.7. The van der Waals surface area contributed by atoms with E-state index in [4.69, 9.17) is 14.3 Å². The summed E-state index contributed by atoms with van der Waals surface area (Å²) in [5.74, 6) is -1.15. The number of carboxylic acid groups (broad SMARTS) is 1. The van der Waals surface area contributed by atoms with Gasteiger partial charge in [0.15, 0.2) is 0 Å². The molecular weight excluding hydrogens is 276 g/mol.